The van der Waals surface area contributed by atoms with Gasteiger partial charge in [0, 0.05) is 24.2 Å². The average Bonchev–Trinajstić information content (AvgIpc) is 2.87. The molecule has 8 nitrogen and oxygen atoms in total. The van der Waals surface area contributed by atoms with Crippen LogP contribution in [-0.2, 0) is 9.63 Å². The normalized spacial score (nSPS) is 31.9. The van der Waals surface area contributed by atoms with E-state index < -0.39 is 11.7 Å². The lowest BCUT2D eigenvalue weighted by atomic mass is 9.68. The molecular formula is C30H40N4O4. The Kier molecular flexibility index (Phi) is 7.01. The molecule has 0 radical (unpaired) electrons. The van der Waals surface area contributed by atoms with E-state index in [2.05, 4.69) is 15.0 Å². The highest BCUT2D eigenvalue weighted by Crippen LogP contribution is 2.47. The van der Waals surface area contributed by atoms with Gasteiger partial charge in [0.25, 0.3) is 5.56 Å². The molecule has 1 N–H and O–H groups in total. The number of fused-ring (bicyclic) bond motifs is 5. The van der Waals surface area contributed by atoms with Gasteiger partial charge >= 0.3 is 5.97 Å². The molecule has 1 aromatic heterocycles. The first-order chi connectivity index (χ1) is 18.4. The average molecular weight is 521 g/mol. The van der Waals surface area contributed by atoms with Gasteiger partial charge in [-0.15, -0.1) is 0 Å². The van der Waals surface area contributed by atoms with Crippen LogP contribution < -0.4 is 5.56 Å². The minimum atomic E-state index is -1.31. The summed E-state index contributed by atoms with van der Waals surface area (Å²) in [5.74, 6) is 0.468. The first kappa shape index (κ1) is 25.5. The molecule has 4 aliphatic rings. The zero-order chi connectivity index (χ0) is 26.4. The fourth-order valence-corrected chi connectivity index (χ4v) is 8.15. The number of piperidine rings is 2. The molecule has 0 spiro atoms. The predicted octanol–water partition coefficient (Wildman–Crippen LogP) is 5.14. The van der Waals surface area contributed by atoms with Crippen LogP contribution in [0.25, 0.3) is 11.0 Å². The summed E-state index contributed by atoms with van der Waals surface area (Å²) in [6, 6.07) is 9.18. The van der Waals surface area contributed by atoms with Gasteiger partial charge in [-0.2, -0.15) is 0 Å². The van der Waals surface area contributed by atoms with Gasteiger partial charge in [0.15, 0.2) is 5.69 Å². The third-order valence-corrected chi connectivity index (χ3v) is 9.47. The number of aromatic nitrogens is 2. The molecule has 2 aliphatic heterocycles. The van der Waals surface area contributed by atoms with Gasteiger partial charge in [-0.3, -0.25) is 9.69 Å². The van der Waals surface area contributed by atoms with Gasteiger partial charge in [0.2, 0.25) is 5.71 Å². The summed E-state index contributed by atoms with van der Waals surface area (Å²) < 4.78 is 1.84. The predicted molar refractivity (Wildman–Crippen MR) is 146 cm³/mol. The Morgan fingerprint density at radius 3 is 2.26 bits per heavy atom. The lowest BCUT2D eigenvalue weighted by molar-refractivity contribution is -0.129. The Hall–Kier alpha value is -2.74. The second-order valence-corrected chi connectivity index (χ2v) is 12.4. The molecule has 2 saturated carbocycles. The van der Waals surface area contributed by atoms with Crippen LogP contribution in [0.5, 0.6) is 0 Å². The molecule has 4 bridgehead atoms. The minimum Gasteiger partial charge on any atom is -0.476 e. The number of carboxylic acid groups (broad SMARTS) is 1. The van der Waals surface area contributed by atoms with Crippen molar-refractivity contribution >= 4 is 22.7 Å². The van der Waals surface area contributed by atoms with Crippen molar-refractivity contribution in [3.8, 4) is 0 Å². The molecule has 3 heterocycles. The molecule has 38 heavy (non-hydrogen) atoms. The van der Waals surface area contributed by atoms with Gasteiger partial charge in [0.05, 0.1) is 11.0 Å². The molecule has 2 aromatic rings. The molecule has 4 fully saturated rings. The van der Waals surface area contributed by atoms with Gasteiger partial charge in [-0.1, -0.05) is 43.0 Å². The quantitative estimate of drug-likeness (QED) is 0.419. The topological polar surface area (TPSA) is 97.0 Å². The molecule has 8 heteroatoms. The fourth-order valence-electron chi connectivity index (χ4n) is 8.15. The number of carbonyl (C=O) groups is 1. The second-order valence-electron chi connectivity index (χ2n) is 12.4. The van der Waals surface area contributed by atoms with Crippen molar-refractivity contribution < 1.29 is 14.7 Å². The lowest BCUT2D eigenvalue weighted by Gasteiger charge is -2.55. The molecule has 1 aromatic carbocycles. The van der Waals surface area contributed by atoms with Crippen LogP contribution in [0, 0.1) is 11.8 Å². The lowest BCUT2D eigenvalue weighted by Crippen LogP contribution is -2.58. The van der Waals surface area contributed by atoms with E-state index in [-0.39, 0.29) is 23.4 Å². The summed E-state index contributed by atoms with van der Waals surface area (Å²) in [6.07, 6.45) is 13.4. The summed E-state index contributed by atoms with van der Waals surface area (Å²) in [4.78, 5) is 38.8. The fraction of sp³-hybridized carbons (Fsp3) is 0.667. The van der Waals surface area contributed by atoms with Crippen molar-refractivity contribution in [2.75, 3.05) is 0 Å². The van der Waals surface area contributed by atoms with E-state index in [0.29, 0.717) is 23.6 Å². The van der Waals surface area contributed by atoms with E-state index in [1.165, 1.54) is 57.8 Å². The summed E-state index contributed by atoms with van der Waals surface area (Å²) >= 11 is 0. The largest absolute Gasteiger partial charge is 0.476 e. The van der Waals surface area contributed by atoms with Gasteiger partial charge < -0.3 is 14.5 Å². The Morgan fingerprint density at radius 2 is 1.61 bits per heavy atom. The summed E-state index contributed by atoms with van der Waals surface area (Å²) in [6.45, 7) is 3.53. The van der Waals surface area contributed by atoms with Crippen molar-refractivity contribution in [1.82, 2.24) is 14.5 Å². The summed E-state index contributed by atoms with van der Waals surface area (Å²) in [7, 11) is 0. The van der Waals surface area contributed by atoms with E-state index in [1.54, 1.807) is 13.8 Å². The molecule has 2 saturated heterocycles. The number of aliphatic carboxylic acids is 1. The number of para-hydroxylation sites is 2. The maximum absolute atomic E-state index is 14.0. The van der Waals surface area contributed by atoms with Crippen molar-refractivity contribution in [3.63, 3.8) is 0 Å². The zero-order valence-corrected chi connectivity index (χ0v) is 22.6. The standard InChI is InChI=1S/C30H40N4O4/c1-18(2)38-32-28(30(36)37)27-29(35)34(26-12-4-3-11-25(26)31-27)24-16-21-9-6-10-22(17-24)33(21)23-14-19-7-5-8-20(13-19)15-23/h3-4,11-12,18-24H,5-10,13-17H2,1-2H3,(H,36,37)/t19?,20?,21-,22+,23?,24?. The smallest absolute Gasteiger partial charge is 0.360 e. The first-order valence-electron chi connectivity index (χ1n) is 14.6. The van der Waals surface area contributed by atoms with E-state index in [9.17, 15) is 14.7 Å². The van der Waals surface area contributed by atoms with E-state index in [0.717, 1.165) is 30.2 Å². The van der Waals surface area contributed by atoms with Crippen LogP contribution in [0.4, 0.5) is 0 Å². The van der Waals surface area contributed by atoms with E-state index in [1.807, 2.05) is 28.8 Å². The number of oxime groups is 1. The molecule has 2 aliphatic carbocycles. The van der Waals surface area contributed by atoms with Crippen LogP contribution in [0.3, 0.4) is 0 Å². The van der Waals surface area contributed by atoms with Crippen LogP contribution in [0.1, 0.15) is 96.2 Å². The van der Waals surface area contributed by atoms with Crippen molar-refractivity contribution in [2.45, 2.75) is 115 Å². The highest BCUT2D eigenvalue weighted by molar-refractivity contribution is 6.41. The summed E-state index contributed by atoms with van der Waals surface area (Å²) in [5.41, 5.74) is 0.396. The van der Waals surface area contributed by atoms with Gasteiger partial charge in [-0.25, -0.2) is 9.78 Å². The molecule has 3 unspecified atom stereocenters. The second kappa shape index (κ2) is 10.4. The molecule has 5 atom stereocenters. The number of carboxylic acids is 1. The van der Waals surface area contributed by atoms with E-state index >= 15 is 0 Å². The highest BCUT2D eigenvalue weighted by Gasteiger charge is 2.45. The third-order valence-electron chi connectivity index (χ3n) is 9.47. The monoisotopic (exact) mass is 520 g/mol. The molecular weight excluding hydrogens is 480 g/mol. The third kappa shape index (κ3) is 4.76. The Morgan fingerprint density at radius 1 is 0.947 bits per heavy atom. The maximum Gasteiger partial charge on any atom is 0.360 e. The Balaban J connectivity index is 1.37. The number of benzene rings is 1. The van der Waals surface area contributed by atoms with Crippen molar-refractivity contribution in [1.29, 1.82) is 0 Å². The molecule has 0 amide bonds. The van der Waals surface area contributed by atoms with Gasteiger partial charge in [0.1, 0.15) is 6.10 Å². The number of hydrogen-bond donors (Lipinski definition) is 1. The maximum atomic E-state index is 14.0. The van der Waals surface area contributed by atoms with Crippen molar-refractivity contribution in [3.05, 3.63) is 40.3 Å². The zero-order valence-electron chi connectivity index (χ0n) is 22.6. The first-order valence-corrected chi connectivity index (χ1v) is 14.6. The number of hydrogen-bond acceptors (Lipinski definition) is 6. The summed E-state index contributed by atoms with van der Waals surface area (Å²) in [5, 5.41) is 13.7. The molecule has 6 rings (SSSR count). The SMILES string of the molecule is CC(C)ON=C(C(=O)O)c1nc2ccccc2n(C2C[C@H]3CCC[C@@H](C2)N3C2CC3CCCC(C3)C2)c1=O. The van der Waals surface area contributed by atoms with Crippen molar-refractivity contribution in [2.24, 2.45) is 17.0 Å². The van der Waals surface area contributed by atoms with E-state index in [4.69, 9.17) is 4.84 Å². The molecule has 204 valence electrons. The highest BCUT2D eigenvalue weighted by atomic mass is 16.6. The van der Waals surface area contributed by atoms with Gasteiger partial charge in [-0.05, 0) is 82.8 Å². The van der Waals surface area contributed by atoms with Crippen LogP contribution in [0.2, 0.25) is 0 Å². The van der Waals surface area contributed by atoms with Crippen LogP contribution in [-0.4, -0.2) is 55.5 Å². The number of nitrogens with zero attached hydrogens (tertiary/aromatic N) is 4. The van der Waals surface area contributed by atoms with Crippen LogP contribution >= 0.6 is 0 Å². The number of rotatable bonds is 6. The Bertz CT molecular complexity index is 1260. The Labute approximate surface area is 224 Å². The minimum absolute atomic E-state index is 0.00449. The van der Waals surface area contributed by atoms with Crippen LogP contribution in [0.15, 0.2) is 34.2 Å².